The minimum Gasteiger partial charge on any atom is -0.508 e. The third-order valence-electron chi connectivity index (χ3n) is 5.21. The number of allylic oxidation sites excluding steroid dienone is 3. The molecule has 1 fully saturated rings. The number of aromatic hydroxyl groups is 2. The summed E-state index contributed by atoms with van der Waals surface area (Å²) in [5, 5.41) is 68.7. The predicted octanol–water partition coefficient (Wildman–Crippen LogP) is -0.0802. The molecule has 31 heavy (non-hydrogen) atoms. The molecule has 7 N–H and O–H groups in total. The Kier molecular flexibility index (Phi) is 5.65. The Morgan fingerprint density at radius 2 is 1.71 bits per heavy atom. The standard InChI is InChI=1S/C21H22O10/c22-8-17-18(26)19(27)20(28)21(31-17)30-16-7-10(23)6-15-11(16)2-4-14(29-15)9-1-3-12(24)13(25)5-9/h1-7,15,17-28H,8H2. The molecule has 166 valence electrons. The fraction of sp³-hybridized carbons (Fsp3) is 0.333. The molecule has 0 bridgehead atoms. The van der Waals surface area contributed by atoms with Gasteiger partial charge < -0.3 is 50.0 Å². The van der Waals surface area contributed by atoms with Gasteiger partial charge in [-0.2, -0.15) is 0 Å². The van der Waals surface area contributed by atoms with Crippen LogP contribution >= 0.6 is 0 Å². The van der Waals surface area contributed by atoms with Crippen molar-refractivity contribution in [3.8, 4) is 11.5 Å². The Bertz CT molecular complexity index is 976. The highest BCUT2D eigenvalue weighted by Gasteiger charge is 2.45. The van der Waals surface area contributed by atoms with Gasteiger partial charge in [0.15, 0.2) is 11.5 Å². The zero-order valence-corrected chi connectivity index (χ0v) is 16.1. The highest BCUT2D eigenvalue weighted by molar-refractivity contribution is 5.67. The van der Waals surface area contributed by atoms with Gasteiger partial charge in [-0.05, 0) is 30.4 Å². The van der Waals surface area contributed by atoms with Crippen molar-refractivity contribution in [2.45, 2.75) is 36.8 Å². The molecule has 0 aromatic heterocycles. The average Bonchev–Trinajstić information content (AvgIpc) is 2.75. The lowest BCUT2D eigenvalue weighted by Crippen LogP contribution is -2.59. The van der Waals surface area contributed by atoms with E-state index in [1.165, 1.54) is 24.3 Å². The molecule has 1 saturated heterocycles. The van der Waals surface area contributed by atoms with Crippen LogP contribution in [0.15, 0.2) is 59.6 Å². The van der Waals surface area contributed by atoms with Gasteiger partial charge in [0.25, 0.3) is 0 Å². The summed E-state index contributed by atoms with van der Waals surface area (Å²) in [4.78, 5) is 0. The first-order chi connectivity index (χ1) is 14.8. The van der Waals surface area contributed by atoms with Crippen molar-refractivity contribution in [2.75, 3.05) is 6.61 Å². The van der Waals surface area contributed by atoms with Crippen LogP contribution in [-0.2, 0) is 14.2 Å². The molecule has 0 saturated carbocycles. The maximum atomic E-state index is 10.2. The van der Waals surface area contributed by atoms with Crippen LogP contribution in [0, 0.1) is 0 Å². The monoisotopic (exact) mass is 434 g/mol. The summed E-state index contributed by atoms with van der Waals surface area (Å²) in [7, 11) is 0. The fourth-order valence-electron chi connectivity index (χ4n) is 3.50. The highest BCUT2D eigenvalue weighted by atomic mass is 16.7. The van der Waals surface area contributed by atoms with Crippen molar-refractivity contribution >= 4 is 5.76 Å². The summed E-state index contributed by atoms with van der Waals surface area (Å²) in [6, 6.07) is 4.19. The van der Waals surface area contributed by atoms with Crippen LogP contribution in [0.2, 0.25) is 0 Å². The molecule has 2 heterocycles. The zero-order chi connectivity index (χ0) is 22.3. The second kappa shape index (κ2) is 8.25. The van der Waals surface area contributed by atoms with E-state index in [9.17, 15) is 35.7 Å². The Balaban J connectivity index is 1.59. The van der Waals surface area contributed by atoms with Crippen LogP contribution < -0.4 is 0 Å². The first-order valence-corrected chi connectivity index (χ1v) is 9.49. The van der Waals surface area contributed by atoms with Gasteiger partial charge in [0.1, 0.15) is 47.8 Å². The average molecular weight is 434 g/mol. The van der Waals surface area contributed by atoms with E-state index in [1.54, 1.807) is 18.2 Å². The summed E-state index contributed by atoms with van der Waals surface area (Å²) < 4.78 is 16.9. The second-order valence-corrected chi connectivity index (χ2v) is 7.31. The van der Waals surface area contributed by atoms with Gasteiger partial charge in [0, 0.05) is 23.3 Å². The van der Waals surface area contributed by atoms with Crippen LogP contribution in [0.3, 0.4) is 0 Å². The minimum atomic E-state index is -1.61. The van der Waals surface area contributed by atoms with E-state index < -0.39 is 43.4 Å². The Hall–Kier alpha value is -3.02. The molecular formula is C21H22O10. The van der Waals surface area contributed by atoms with Gasteiger partial charge in [-0.25, -0.2) is 0 Å². The van der Waals surface area contributed by atoms with E-state index in [0.29, 0.717) is 16.9 Å². The smallest absolute Gasteiger partial charge is 0.229 e. The molecule has 10 nitrogen and oxygen atoms in total. The molecular weight excluding hydrogens is 412 g/mol. The molecule has 6 atom stereocenters. The number of ether oxygens (including phenoxy) is 3. The number of fused-ring (bicyclic) bond motifs is 1. The van der Waals surface area contributed by atoms with Crippen LogP contribution in [-0.4, -0.2) is 79.2 Å². The van der Waals surface area contributed by atoms with Gasteiger partial charge >= 0.3 is 0 Å². The van der Waals surface area contributed by atoms with Crippen molar-refractivity contribution in [1.29, 1.82) is 0 Å². The lowest BCUT2D eigenvalue weighted by atomic mass is 9.97. The minimum absolute atomic E-state index is 0.0955. The van der Waals surface area contributed by atoms with E-state index >= 15 is 0 Å². The third-order valence-corrected chi connectivity index (χ3v) is 5.21. The molecule has 0 spiro atoms. The molecule has 4 rings (SSSR count). The molecule has 1 aliphatic carbocycles. The second-order valence-electron chi connectivity index (χ2n) is 7.31. The summed E-state index contributed by atoms with van der Waals surface area (Å²) >= 11 is 0. The molecule has 0 radical (unpaired) electrons. The van der Waals surface area contributed by atoms with E-state index in [2.05, 4.69) is 0 Å². The van der Waals surface area contributed by atoms with Crippen molar-refractivity contribution in [3.05, 3.63) is 65.2 Å². The number of phenolic OH excluding ortho intramolecular Hbond substituents is 2. The number of aliphatic hydroxyl groups excluding tert-OH is 5. The summed E-state index contributed by atoms with van der Waals surface area (Å²) in [5.41, 5.74) is 0.964. The van der Waals surface area contributed by atoms with E-state index in [0.717, 1.165) is 0 Å². The number of rotatable bonds is 4. The topological polar surface area (TPSA) is 169 Å². The molecule has 3 aliphatic rings. The zero-order valence-electron chi connectivity index (χ0n) is 16.1. The molecule has 6 unspecified atom stereocenters. The van der Waals surface area contributed by atoms with Gasteiger partial charge in [0.05, 0.1) is 6.61 Å². The normalized spacial score (nSPS) is 32.6. The third kappa shape index (κ3) is 3.99. The quantitative estimate of drug-likeness (QED) is 0.318. The largest absolute Gasteiger partial charge is 0.508 e. The van der Waals surface area contributed by atoms with E-state index in [1.807, 2.05) is 0 Å². The number of aliphatic hydroxyl groups is 5. The molecule has 0 amide bonds. The Morgan fingerprint density at radius 3 is 2.42 bits per heavy atom. The maximum absolute atomic E-state index is 10.2. The van der Waals surface area contributed by atoms with Crippen LogP contribution in [0.25, 0.3) is 5.76 Å². The van der Waals surface area contributed by atoms with Gasteiger partial charge in [0.2, 0.25) is 6.29 Å². The Morgan fingerprint density at radius 1 is 0.935 bits per heavy atom. The summed E-state index contributed by atoms with van der Waals surface area (Å²) in [6.07, 6.45) is -2.15. The van der Waals surface area contributed by atoms with Gasteiger partial charge in [-0.3, -0.25) is 0 Å². The molecule has 10 heteroatoms. The molecule has 2 aliphatic heterocycles. The first-order valence-electron chi connectivity index (χ1n) is 9.49. The Labute approximate surface area is 176 Å². The maximum Gasteiger partial charge on any atom is 0.229 e. The first kappa shape index (κ1) is 21.2. The number of hydrogen-bond donors (Lipinski definition) is 7. The van der Waals surface area contributed by atoms with Crippen LogP contribution in [0.5, 0.6) is 11.5 Å². The summed E-state index contributed by atoms with van der Waals surface area (Å²) in [5.74, 6) is -0.313. The van der Waals surface area contributed by atoms with Crippen LogP contribution in [0.1, 0.15) is 5.56 Å². The predicted molar refractivity (Wildman–Crippen MR) is 104 cm³/mol. The lowest BCUT2D eigenvalue weighted by Gasteiger charge is -2.40. The van der Waals surface area contributed by atoms with Crippen LogP contribution in [0.4, 0.5) is 0 Å². The van der Waals surface area contributed by atoms with Crippen molar-refractivity contribution < 1.29 is 50.0 Å². The van der Waals surface area contributed by atoms with Crippen molar-refractivity contribution in [2.24, 2.45) is 0 Å². The summed E-state index contributed by atoms with van der Waals surface area (Å²) in [6.45, 7) is -0.602. The van der Waals surface area contributed by atoms with Crippen molar-refractivity contribution in [1.82, 2.24) is 0 Å². The SMILES string of the molecule is OCC1OC(OC2=CC(O)=CC3OC(c4ccc(O)c(O)c4)=CC=C23)C(O)C(O)C1O. The van der Waals surface area contributed by atoms with E-state index in [4.69, 9.17) is 14.2 Å². The van der Waals surface area contributed by atoms with Gasteiger partial charge in [-0.1, -0.05) is 0 Å². The fourth-order valence-corrected chi connectivity index (χ4v) is 3.50. The number of benzene rings is 1. The van der Waals surface area contributed by atoms with E-state index in [-0.39, 0.29) is 23.0 Å². The van der Waals surface area contributed by atoms with Gasteiger partial charge in [-0.15, -0.1) is 0 Å². The lowest BCUT2D eigenvalue weighted by molar-refractivity contribution is -0.290. The number of hydrogen-bond acceptors (Lipinski definition) is 10. The highest BCUT2D eigenvalue weighted by Crippen LogP contribution is 2.37. The number of phenols is 2. The molecule has 1 aromatic carbocycles. The molecule has 1 aromatic rings. The van der Waals surface area contributed by atoms with Crippen molar-refractivity contribution in [3.63, 3.8) is 0 Å².